The average molecular weight is 348 g/mol. The van der Waals surface area contributed by atoms with Gasteiger partial charge in [-0.3, -0.25) is 0 Å². The summed E-state index contributed by atoms with van der Waals surface area (Å²) in [5, 5.41) is 20.0. The third-order valence-corrected chi connectivity index (χ3v) is 4.77. The van der Waals surface area contributed by atoms with E-state index >= 15 is 0 Å². The molecule has 0 spiro atoms. The minimum absolute atomic E-state index is 0.322. The summed E-state index contributed by atoms with van der Waals surface area (Å²) in [6, 6.07) is 7.75. The summed E-state index contributed by atoms with van der Waals surface area (Å²) in [4.78, 5) is 9.61. The maximum atomic E-state index is 10.0. The summed E-state index contributed by atoms with van der Waals surface area (Å²) >= 11 is 0. The zero-order valence-corrected chi connectivity index (χ0v) is 16.1. The number of aryl methyl sites for hydroxylation is 6. The molecule has 0 aliphatic carbocycles. The molecule has 2 aromatic carbocycles. The van der Waals surface area contributed by atoms with Gasteiger partial charge in [0.1, 0.15) is 11.5 Å². The molecule has 0 saturated carbocycles. The zero-order chi connectivity index (χ0) is 19.2. The molecule has 26 heavy (non-hydrogen) atoms. The van der Waals surface area contributed by atoms with Crippen molar-refractivity contribution in [2.75, 3.05) is 0 Å². The molecule has 1 aromatic heterocycles. The first-order valence-corrected chi connectivity index (χ1v) is 8.65. The Balaban J connectivity index is 2.16. The van der Waals surface area contributed by atoms with E-state index in [0.29, 0.717) is 11.5 Å². The van der Waals surface area contributed by atoms with Gasteiger partial charge in [0.25, 0.3) is 0 Å². The van der Waals surface area contributed by atoms with E-state index in [9.17, 15) is 10.2 Å². The first-order valence-electron chi connectivity index (χ1n) is 8.65. The van der Waals surface area contributed by atoms with Gasteiger partial charge in [0.05, 0.1) is 22.8 Å². The molecule has 0 aliphatic rings. The van der Waals surface area contributed by atoms with Crippen molar-refractivity contribution < 1.29 is 10.2 Å². The molecule has 1 heterocycles. The van der Waals surface area contributed by atoms with Gasteiger partial charge in [-0.25, -0.2) is 9.97 Å². The normalized spacial score (nSPS) is 11.0. The van der Waals surface area contributed by atoms with E-state index in [-0.39, 0.29) is 0 Å². The molecule has 0 radical (unpaired) electrons. The van der Waals surface area contributed by atoms with Crippen molar-refractivity contribution >= 4 is 0 Å². The molecule has 0 amide bonds. The van der Waals surface area contributed by atoms with Crippen molar-refractivity contribution in [3.8, 4) is 34.0 Å². The summed E-state index contributed by atoms with van der Waals surface area (Å²) in [5.74, 6) is 0.644. The second kappa shape index (κ2) is 6.45. The Morgan fingerprint density at radius 3 is 1.08 bits per heavy atom. The van der Waals surface area contributed by atoms with Crippen LogP contribution in [0.3, 0.4) is 0 Å². The van der Waals surface area contributed by atoms with Crippen molar-refractivity contribution in [3.63, 3.8) is 0 Å². The Morgan fingerprint density at radius 2 is 0.808 bits per heavy atom. The molecule has 0 aliphatic heterocycles. The van der Waals surface area contributed by atoms with E-state index in [1.807, 2.05) is 65.8 Å². The van der Waals surface area contributed by atoms with Gasteiger partial charge >= 0.3 is 0 Å². The minimum Gasteiger partial charge on any atom is -0.507 e. The standard InChI is InChI=1S/C22H24N2O2/c1-11-7-17(8-12(2)21(11)25)19-15(5)24-20(16(6)23-19)18-9-13(3)22(26)14(4)10-18/h7-10,25-26H,1-6H3. The maximum absolute atomic E-state index is 10.0. The quantitative estimate of drug-likeness (QED) is 0.678. The van der Waals surface area contributed by atoms with Crippen LogP contribution in [0.5, 0.6) is 11.5 Å². The molecule has 3 rings (SSSR count). The fourth-order valence-corrected chi connectivity index (χ4v) is 3.34. The molecule has 3 aromatic rings. The molecule has 4 nitrogen and oxygen atoms in total. The van der Waals surface area contributed by atoms with Crippen LogP contribution < -0.4 is 0 Å². The van der Waals surface area contributed by atoms with Crippen LogP contribution in [-0.4, -0.2) is 20.2 Å². The lowest BCUT2D eigenvalue weighted by Gasteiger charge is -2.14. The van der Waals surface area contributed by atoms with Crippen LogP contribution in [0.2, 0.25) is 0 Å². The van der Waals surface area contributed by atoms with Crippen molar-refractivity contribution in [3.05, 3.63) is 57.9 Å². The number of benzene rings is 2. The summed E-state index contributed by atoms with van der Waals surface area (Å²) in [6.45, 7) is 11.4. The highest BCUT2D eigenvalue weighted by Crippen LogP contribution is 2.33. The fraction of sp³-hybridized carbons (Fsp3) is 0.273. The first kappa shape index (κ1) is 17.9. The summed E-state index contributed by atoms with van der Waals surface area (Å²) < 4.78 is 0. The third kappa shape index (κ3) is 3.03. The van der Waals surface area contributed by atoms with E-state index < -0.39 is 0 Å². The van der Waals surface area contributed by atoms with Crippen LogP contribution in [0, 0.1) is 41.5 Å². The van der Waals surface area contributed by atoms with E-state index in [0.717, 1.165) is 56.2 Å². The SMILES string of the molecule is Cc1cc(-c2nc(C)c(-c3cc(C)c(O)c(C)c3)nc2C)cc(C)c1O. The minimum atomic E-state index is 0.322. The van der Waals surface area contributed by atoms with Gasteiger partial charge in [0, 0.05) is 11.1 Å². The lowest BCUT2D eigenvalue weighted by molar-refractivity contribution is 0.466. The largest absolute Gasteiger partial charge is 0.507 e. The van der Waals surface area contributed by atoms with Gasteiger partial charge < -0.3 is 10.2 Å². The number of aromatic hydroxyl groups is 2. The molecule has 0 saturated heterocycles. The first-order chi connectivity index (χ1) is 12.2. The van der Waals surface area contributed by atoms with Crippen molar-refractivity contribution in [2.24, 2.45) is 0 Å². The van der Waals surface area contributed by atoms with Gasteiger partial charge in [-0.15, -0.1) is 0 Å². The smallest absolute Gasteiger partial charge is 0.121 e. The van der Waals surface area contributed by atoms with Gasteiger partial charge in [0.15, 0.2) is 0 Å². The number of phenolic OH excluding ortho intramolecular Hbond substituents is 2. The predicted molar refractivity (Wildman–Crippen MR) is 105 cm³/mol. The second-order valence-corrected chi connectivity index (χ2v) is 7.01. The van der Waals surface area contributed by atoms with Crippen LogP contribution in [0.25, 0.3) is 22.5 Å². The number of rotatable bonds is 2. The molecule has 134 valence electrons. The Kier molecular flexibility index (Phi) is 4.45. The summed E-state index contributed by atoms with van der Waals surface area (Å²) in [7, 11) is 0. The van der Waals surface area contributed by atoms with Crippen molar-refractivity contribution in [2.45, 2.75) is 41.5 Å². The van der Waals surface area contributed by atoms with Crippen LogP contribution in [-0.2, 0) is 0 Å². The van der Waals surface area contributed by atoms with Gasteiger partial charge in [-0.05, 0) is 88.1 Å². The number of hydrogen-bond acceptors (Lipinski definition) is 4. The van der Waals surface area contributed by atoms with E-state index in [1.165, 1.54) is 0 Å². The van der Waals surface area contributed by atoms with Gasteiger partial charge in [0.2, 0.25) is 0 Å². The van der Waals surface area contributed by atoms with Gasteiger partial charge in [-0.1, -0.05) is 0 Å². The van der Waals surface area contributed by atoms with E-state index in [2.05, 4.69) is 0 Å². The second-order valence-electron chi connectivity index (χ2n) is 7.01. The zero-order valence-electron chi connectivity index (χ0n) is 16.1. The molecule has 2 N–H and O–H groups in total. The highest BCUT2D eigenvalue weighted by Gasteiger charge is 2.15. The average Bonchev–Trinajstić information content (AvgIpc) is 2.58. The molecular weight excluding hydrogens is 324 g/mol. The van der Waals surface area contributed by atoms with Crippen LogP contribution >= 0.6 is 0 Å². The number of phenols is 2. The number of aromatic nitrogens is 2. The fourth-order valence-electron chi connectivity index (χ4n) is 3.34. The Morgan fingerprint density at radius 1 is 0.538 bits per heavy atom. The van der Waals surface area contributed by atoms with E-state index in [4.69, 9.17) is 9.97 Å². The third-order valence-electron chi connectivity index (χ3n) is 4.77. The monoisotopic (exact) mass is 348 g/mol. The molecule has 0 unspecified atom stereocenters. The Hall–Kier alpha value is -2.88. The van der Waals surface area contributed by atoms with Gasteiger partial charge in [-0.2, -0.15) is 0 Å². The summed E-state index contributed by atoms with van der Waals surface area (Å²) in [6.07, 6.45) is 0. The molecular formula is C22H24N2O2. The number of hydrogen-bond donors (Lipinski definition) is 2. The summed E-state index contributed by atoms with van der Waals surface area (Å²) in [5.41, 5.74) is 8.53. The van der Waals surface area contributed by atoms with Crippen molar-refractivity contribution in [1.82, 2.24) is 9.97 Å². The highest BCUT2D eigenvalue weighted by atomic mass is 16.3. The Labute approximate surface area is 154 Å². The number of nitrogens with zero attached hydrogens (tertiary/aromatic N) is 2. The lowest BCUT2D eigenvalue weighted by atomic mass is 10.00. The topological polar surface area (TPSA) is 66.2 Å². The highest BCUT2D eigenvalue weighted by molar-refractivity contribution is 5.71. The maximum Gasteiger partial charge on any atom is 0.121 e. The Bertz CT molecular complexity index is 894. The van der Waals surface area contributed by atoms with E-state index in [1.54, 1.807) is 0 Å². The predicted octanol–water partition coefficient (Wildman–Crippen LogP) is 5.07. The van der Waals surface area contributed by atoms with Crippen LogP contribution in [0.1, 0.15) is 33.6 Å². The molecule has 0 atom stereocenters. The van der Waals surface area contributed by atoms with Crippen LogP contribution in [0.15, 0.2) is 24.3 Å². The molecule has 4 heteroatoms. The molecule has 0 fully saturated rings. The lowest BCUT2D eigenvalue weighted by Crippen LogP contribution is -2.01. The van der Waals surface area contributed by atoms with Crippen LogP contribution in [0.4, 0.5) is 0 Å². The van der Waals surface area contributed by atoms with Crippen molar-refractivity contribution in [1.29, 1.82) is 0 Å². The molecule has 0 bridgehead atoms.